The van der Waals surface area contributed by atoms with E-state index in [0.717, 1.165) is 4.90 Å². The summed E-state index contributed by atoms with van der Waals surface area (Å²) in [6.45, 7) is -0.666. The molecule has 3 rings (SSSR count). The van der Waals surface area contributed by atoms with Crippen molar-refractivity contribution >= 4 is 30.0 Å². The van der Waals surface area contributed by atoms with Gasteiger partial charge in [-0.2, -0.15) is 0 Å². The van der Waals surface area contributed by atoms with Gasteiger partial charge < -0.3 is 24.3 Å². The monoisotopic (exact) mass is 400 g/mol. The van der Waals surface area contributed by atoms with Gasteiger partial charge in [-0.1, -0.05) is 12.1 Å². The Morgan fingerprint density at radius 2 is 2.03 bits per heavy atom. The number of furan rings is 1. The first kappa shape index (κ1) is 19.7. The topological polar surface area (TPSA) is 135 Å². The van der Waals surface area contributed by atoms with E-state index in [-0.39, 0.29) is 23.8 Å². The largest absolute Gasteiger partial charge is 0.482 e. The summed E-state index contributed by atoms with van der Waals surface area (Å²) in [6, 6.07) is 8.61. The molecule has 0 bridgehead atoms. The number of methoxy groups -OCH3 is 1. The predicted molar refractivity (Wildman–Crippen MR) is 96.7 cm³/mol. The van der Waals surface area contributed by atoms with Crippen molar-refractivity contribution in [2.75, 3.05) is 13.7 Å². The highest BCUT2D eigenvalue weighted by atomic mass is 16.5. The zero-order valence-electron chi connectivity index (χ0n) is 15.2. The molecule has 1 aliphatic heterocycles. The van der Waals surface area contributed by atoms with Crippen LogP contribution in [0.1, 0.15) is 21.9 Å². The van der Waals surface area contributed by atoms with Crippen LogP contribution < -0.4 is 10.1 Å². The number of benzene rings is 1. The van der Waals surface area contributed by atoms with Gasteiger partial charge in [-0.05, 0) is 35.9 Å². The molecule has 1 aromatic heterocycles. The highest BCUT2D eigenvalue weighted by molar-refractivity contribution is 6.13. The fraction of sp³-hybridized carbons (Fsp3) is 0.158. The summed E-state index contributed by atoms with van der Waals surface area (Å²) < 4.78 is 14.9. The number of carbonyl (C=O) groups excluding carboxylic acids is 3. The number of amides is 3. The number of hydrogen-bond acceptors (Lipinski definition) is 7. The molecule has 0 unspecified atom stereocenters. The molecule has 0 aliphatic carbocycles. The van der Waals surface area contributed by atoms with Crippen molar-refractivity contribution in [2.45, 2.75) is 6.54 Å². The third-order valence-corrected chi connectivity index (χ3v) is 3.86. The summed E-state index contributed by atoms with van der Waals surface area (Å²) in [6.07, 6.45) is 1.44. The number of carboxylic acid groups (broad SMARTS) is 1. The van der Waals surface area contributed by atoms with Gasteiger partial charge in [-0.15, -0.1) is 0 Å². The van der Waals surface area contributed by atoms with Crippen LogP contribution in [0.15, 0.2) is 46.5 Å². The van der Waals surface area contributed by atoms with Crippen molar-refractivity contribution in [1.82, 2.24) is 10.2 Å². The molecule has 2 heterocycles. The molecule has 10 heteroatoms. The number of rotatable bonds is 7. The molecule has 3 amide bonds. The second-order valence-corrected chi connectivity index (χ2v) is 5.89. The molecule has 29 heavy (non-hydrogen) atoms. The SMILES string of the molecule is COC(=O)c1ccc(CN2C(=O)NC(=Cc3cccc(OCC(=O)O)c3)C2=O)o1. The van der Waals surface area contributed by atoms with Crippen LogP contribution in [0.3, 0.4) is 0 Å². The molecule has 150 valence electrons. The Balaban J connectivity index is 1.73. The number of carboxylic acids is 1. The maximum Gasteiger partial charge on any atom is 0.373 e. The van der Waals surface area contributed by atoms with Crippen molar-refractivity contribution in [3.63, 3.8) is 0 Å². The summed E-state index contributed by atoms with van der Waals surface area (Å²) in [4.78, 5) is 47.7. The lowest BCUT2D eigenvalue weighted by molar-refractivity contribution is -0.139. The Kier molecular flexibility index (Phi) is 5.63. The minimum atomic E-state index is -1.11. The quantitative estimate of drug-likeness (QED) is 0.407. The summed E-state index contributed by atoms with van der Waals surface area (Å²) in [7, 11) is 1.21. The van der Waals surface area contributed by atoms with Crippen LogP contribution >= 0.6 is 0 Å². The number of carbonyl (C=O) groups is 4. The number of urea groups is 1. The zero-order valence-corrected chi connectivity index (χ0v) is 15.2. The first-order chi connectivity index (χ1) is 13.9. The van der Waals surface area contributed by atoms with Crippen LogP contribution in [0.5, 0.6) is 5.75 Å². The van der Waals surface area contributed by atoms with E-state index in [1.807, 2.05) is 0 Å². The van der Waals surface area contributed by atoms with Crippen LogP contribution in [-0.2, 0) is 20.9 Å². The number of imide groups is 1. The highest BCUT2D eigenvalue weighted by Crippen LogP contribution is 2.20. The third kappa shape index (κ3) is 4.61. The Labute approximate surface area is 164 Å². The van der Waals surface area contributed by atoms with Gasteiger partial charge in [0, 0.05) is 0 Å². The Morgan fingerprint density at radius 3 is 2.76 bits per heavy atom. The van der Waals surface area contributed by atoms with Crippen LogP contribution in [0.2, 0.25) is 0 Å². The number of hydrogen-bond donors (Lipinski definition) is 2. The lowest BCUT2D eigenvalue weighted by atomic mass is 10.2. The summed E-state index contributed by atoms with van der Waals surface area (Å²) in [5.74, 6) is -1.86. The fourth-order valence-electron chi connectivity index (χ4n) is 2.55. The van der Waals surface area contributed by atoms with Gasteiger partial charge in [0.1, 0.15) is 17.2 Å². The van der Waals surface area contributed by atoms with Gasteiger partial charge in [0.2, 0.25) is 5.76 Å². The highest BCUT2D eigenvalue weighted by Gasteiger charge is 2.34. The first-order valence-electron chi connectivity index (χ1n) is 8.33. The predicted octanol–water partition coefficient (Wildman–Crippen LogP) is 1.62. The van der Waals surface area contributed by atoms with Crippen LogP contribution in [0.4, 0.5) is 4.79 Å². The minimum absolute atomic E-state index is 0.0325. The molecule has 10 nitrogen and oxygen atoms in total. The standard InChI is InChI=1S/C19H16N2O8/c1-27-18(25)15-6-5-13(29-15)9-21-17(24)14(20-19(21)26)8-11-3-2-4-12(7-11)28-10-16(22)23/h2-8H,9-10H2,1H3,(H,20,26)(H,22,23). The van der Waals surface area contributed by atoms with Crippen molar-refractivity contribution in [2.24, 2.45) is 0 Å². The maximum atomic E-state index is 12.6. The molecule has 1 saturated heterocycles. The lowest BCUT2D eigenvalue weighted by Crippen LogP contribution is -2.30. The Hall–Kier alpha value is -4.08. The van der Waals surface area contributed by atoms with E-state index in [2.05, 4.69) is 10.1 Å². The van der Waals surface area contributed by atoms with E-state index in [0.29, 0.717) is 11.3 Å². The lowest BCUT2D eigenvalue weighted by Gasteiger charge is -2.09. The molecule has 1 fully saturated rings. The second-order valence-electron chi connectivity index (χ2n) is 5.89. The van der Waals surface area contributed by atoms with E-state index >= 15 is 0 Å². The number of aliphatic carboxylic acids is 1. The molecule has 1 aromatic carbocycles. The number of esters is 1. The van der Waals surface area contributed by atoms with Crippen molar-refractivity contribution in [3.8, 4) is 5.75 Å². The van der Waals surface area contributed by atoms with Crippen LogP contribution in [0, 0.1) is 0 Å². The van der Waals surface area contributed by atoms with Crippen LogP contribution in [0.25, 0.3) is 6.08 Å². The van der Waals surface area contributed by atoms with Gasteiger partial charge in [0.25, 0.3) is 5.91 Å². The molecular formula is C19H16N2O8. The summed E-state index contributed by atoms with van der Waals surface area (Å²) in [5.41, 5.74) is 0.564. The third-order valence-electron chi connectivity index (χ3n) is 3.86. The average Bonchev–Trinajstić information content (AvgIpc) is 3.27. The second kappa shape index (κ2) is 8.30. The normalized spacial score (nSPS) is 14.8. The number of ether oxygens (including phenoxy) is 2. The molecule has 2 aromatic rings. The molecule has 0 spiro atoms. The smallest absolute Gasteiger partial charge is 0.373 e. The van der Waals surface area contributed by atoms with Crippen molar-refractivity contribution in [1.29, 1.82) is 0 Å². The first-order valence-corrected chi connectivity index (χ1v) is 8.33. The van der Waals surface area contributed by atoms with Crippen molar-refractivity contribution in [3.05, 3.63) is 59.2 Å². The van der Waals surface area contributed by atoms with Gasteiger partial charge in [0.15, 0.2) is 6.61 Å². The molecule has 1 aliphatic rings. The van der Waals surface area contributed by atoms with Gasteiger partial charge in [-0.3, -0.25) is 9.69 Å². The number of nitrogens with one attached hydrogen (secondary N) is 1. The van der Waals surface area contributed by atoms with Gasteiger partial charge in [-0.25, -0.2) is 14.4 Å². The Bertz CT molecular complexity index is 1010. The van der Waals surface area contributed by atoms with E-state index in [4.69, 9.17) is 14.3 Å². The number of nitrogens with zero attached hydrogens (tertiary/aromatic N) is 1. The average molecular weight is 400 g/mol. The maximum absolute atomic E-state index is 12.6. The van der Waals surface area contributed by atoms with E-state index in [9.17, 15) is 19.2 Å². The van der Waals surface area contributed by atoms with Gasteiger partial charge in [0.05, 0.1) is 13.7 Å². The molecule has 0 saturated carbocycles. The van der Waals surface area contributed by atoms with E-state index in [1.165, 1.54) is 31.4 Å². The fourth-order valence-corrected chi connectivity index (χ4v) is 2.55. The summed E-state index contributed by atoms with van der Waals surface area (Å²) >= 11 is 0. The Morgan fingerprint density at radius 1 is 1.24 bits per heavy atom. The molecule has 0 radical (unpaired) electrons. The zero-order chi connectivity index (χ0) is 21.0. The molecule has 0 atom stereocenters. The van der Waals surface area contributed by atoms with Crippen LogP contribution in [-0.4, -0.2) is 47.6 Å². The van der Waals surface area contributed by atoms with E-state index in [1.54, 1.807) is 18.2 Å². The van der Waals surface area contributed by atoms with E-state index < -0.39 is 30.5 Å². The molecular weight excluding hydrogens is 384 g/mol. The van der Waals surface area contributed by atoms with Gasteiger partial charge >= 0.3 is 18.0 Å². The molecule has 2 N–H and O–H groups in total. The van der Waals surface area contributed by atoms with Crippen molar-refractivity contribution < 1.29 is 38.2 Å². The summed E-state index contributed by atoms with van der Waals surface area (Å²) in [5, 5.41) is 11.1. The minimum Gasteiger partial charge on any atom is -0.482 e.